The number of hydrogen-bond acceptors (Lipinski definition) is 3. The van der Waals surface area contributed by atoms with Gasteiger partial charge < -0.3 is 10.1 Å². The van der Waals surface area contributed by atoms with Crippen molar-refractivity contribution in [3.05, 3.63) is 71.8 Å². The Bertz CT molecular complexity index is 663. The van der Waals surface area contributed by atoms with E-state index in [1.165, 1.54) is 6.08 Å². The lowest BCUT2D eigenvalue weighted by Crippen LogP contribution is -2.22. The van der Waals surface area contributed by atoms with Crippen LogP contribution in [0.5, 0.6) is 0 Å². The summed E-state index contributed by atoms with van der Waals surface area (Å²) < 4.78 is 4.97. The summed E-state index contributed by atoms with van der Waals surface area (Å²) in [6, 6.07) is 18.1. The van der Waals surface area contributed by atoms with Crippen molar-refractivity contribution in [2.75, 3.05) is 11.9 Å². The van der Waals surface area contributed by atoms with Gasteiger partial charge in [0.05, 0.1) is 6.61 Å². The number of nitrogens with one attached hydrogen (secondary N) is 1. The molecule has 0 heterocycles. The van der Waals surface area contributed by atoms with Crippen molar-refractivity contribution in [1.29, 1.82) is 0 Å². The van der Waals surface area contributed by atoms with Gasteiger partial charge in [0.1, 0.15) is 5.57 Å². The number of benzene rings is 2. The van der Waals surface area contributed by atoms with Crippen molar-refractivity contribution in [3.8, 4) is 0 Å². The van der Waals surface area contributed by atoms with E-state index >= 15 is 0 Å². The largest absolute Gasteiger partial charge is 0.462 e. The minimum absolute atomic E-state index is 0.0306. The van der Waals surface area contributed by atoms with Crippen molar-refractivity contribution >= 4 is 23.6 Å². The summed E-state index contributed by atoms with van der Waals surface area (Å²) >= 11 is 0. The Labute approximate surface area is 129 Å². The molecule has 0 aliphatic heterocycles. The number of amides is 1. The van der Waals surface area contributed by atoms with Crippen LogP contribution in [0.4, 0.5) is 5.69 Å². The highest BCUT2D eigenvalue weighted by atomic mass is 16.5. The Kier molecular flexibility index (Phi) is 5.49. The Morgan fingerprint density at radius 2 is 1.59 bits per heavy atom. The average Bonchev–Trinajstić information content (AvgIpc) is 2.54. The van der Waals surface area contributed by atoms with Crippen LogP contribution in [-0.4, -0.2) is 18.5 Å². The van der Waals surface area contributed by atoms with E-state index in [-0.39, 0.29) is 12.2 Å². The Morgan fingerprint density at radius 3 is 2.18 bits per heavy atom. The second-order valence-corrected chi connectivity index (χ2v) is 4.51. The lowest BCUT2D eigenvalue weighted by Gasteiger charge is -2.08. The van der Waals surface area contributed by atoms with E-state index in [1.54, 1.807) is 31.2 Å². The SMILES string of the molecule is CCOC(=O)C(=Cc1ccccc1)C(=O)Nc1ccccc1. The van der Waals surface area contributed by atoms with Gasteiger partial charge in [0, 0.05) is 5.69 Å². The van der Waals surface area contributed by atoms with Crippen LogP contribution in [0.3, 0.4) is 0 Å². The zero-order chi connectivity index (χ0) is 15.8. The molecule has 2 aromatic rings. The highest BCUT2D eigenvalue weighted by Gasteiger charge is 2.19. The molecular formula is C18H17NO3. The van der Waals surface area contributed by atoms with Gasteiger partial charge in [0.2, 0.25) is 0 Å². The van der Waals surface area contributed by atoms with E-state index in [2.05, 4.69) is 5.32 Å². The number of rotatable bonds is 5. The van der Waals surface area contributed by atoms with E-state index in [9.17, 15) is 9.59 Å². The number of hydrogen-bond donors (Lipinski definition) is 1. The first kappa shape index (κ1) is 15.5. The fraction of sp³-hybridized carbons (Fsp3) is 0.111. The monoisotopic (exact) mass is 295 g/mol. The first-order valence-corrected chi connectivity index (χ1v) is 7.01. The number of para-hydroxylation sites is 1. The van der Waals surface area contributed by atoms with Gasteiger partial charge in [-0.3, -0.25) is 4.79 Å². The zero-order valence-electron chi connectivity index (χ0n) is 12.3. The van der Waals surface area contributed by atoms with Gasteiger partial charge in [-0.2, -0.15) is 0 Å². The van der Waals surface area contributed by atoms with E-state index < -0.39 is 11.9 Å². The third-order valence-electron chi connectivity index (χ3n) is 2.88. The molecule has 4 nitrogen and oxygen atoms in total. The summed E-state index contributed by atoms with van der Waals surface area (Å²) in [5, 5.41) is 2.69. The highest BCUT2D eigenvalue weighted by molar-refractivity contribution is 6.24. The van der Waals surface area contributed by atoms with E-state index in [1.807, 2.05) is 36.4 Å². The van der Waals surface area contributed by atoms with Crippen molar-refractivity contribution in [2.24, 2.45) is 0 Å². The quantitative estimate of drug-likeness (QED) is 0.398. The topological polar surface area (TPSA) is 55.4 Å². The molecule has 0 saturated heterocycles. The van der Waals surface area contributed by atoms with E-state index in [0.717, 1.165) is 5.56 Å². The van der Waals surface area contributed by atoms with Gasteiger partial charge in [0.15, 0.2) is 0 Å². The van der Waals surface area contributed by atoms with Crippen molar-refractivity contribution in [3.63, 3.8) is 0 Å². The molecule has 4 heteroatoms. The van der Waals surface area contributed by atoms with Gasteiger partial charge in [-0.15, -0.1) is 0 Å². The molecule has 0 radical (unpaired) electrons. The first-order chi connectivity index (χ1) is 10.7. The molecule has 0 aliphatic carbocycles. The molecule has 2 aromatic carbocycles. The molecule has 112 valence electrons. The van der Waals surface area contributed by atoms with Crippen LogP contribution in [0.2, 0.25) is 0 Å². The van der Waals surface area contributed by atoms with Crippen LogP contribution in [0, 0.1) is 0 Å². The highest BCUT2D eigenvalue weighted by Crippen LogP contribution is 2.12. The fourth-order valence-electron chi connectivity index (χ4n) is 1.86. The van der Waals surface area contributed by atoms with Crippen LogP contribution < -0.4 is 5.32 Å². The molecule has 1 N–H and O–H groups in total. The van der Waals surface area contributed by atoms with Crippen LogP contribution >= 0.6 is 0 Å². The molecule has 2 rings (SSSR count). The third kappa shape index (κ3) is 4.31. The van der Waals surface area contributed by atoms with Gasteiger partial charge in [0.25, 0.3) is 5.91 Å². The van der Waals surface area contributed by atoms with Crippen molar-refractivity contribution in [1.82, 2.24) is 0 Å². The lowest BCUT2D eigenvalue weighted by molar-refractivity contribution is -0.139. The number of esters is 1. The maximum atomic E-state index is 12.4. The minimum atomic E-state index is -0.639. The molecule has 0 saturated carbocycles. The van der Waals surface area contributed by atoms with Gasteiger partial charge in [-0.25, -0.2) is 4.79 Å². The van der Waals surface area contributed by atoms with Crippen molar-refractivity contribution in [2.45, 2.75) is 6.92 Å². The molecule has 1 amide bonds. The number of anilines is 1. The van der Waals surface area contributed by atoms with E-state index in [4.69, 9.17) is 4.74 Å². The van der Waals surface area contributed by atoms with E-state index in [0.29, 0.717) is 5.69 Å². The predicted octanol–water partition coefficient (Wildman–Crippen LogP) is 3.27. The number of carbonyl (C=O) groups excluding carboxylic acids is 2. The molecular weight excluding hydrogens is 278 g/mol. The normalized spacial score (nSPS) is 10.9. The Balaban J connectivity index is 2.26. The summed E-state index contributed by atoms with van der Waals surface area (Å²) in [5.41, 5.74) is 1.35. The maximum Gasteiger partial charge on any atom is 0.343 e. The number of carbonyl (C=O) groups is 2. The maximum absolute atomic E-state index is 12.4. The minimum Gasteiger partial charge on any atom is -0.462 e. The summed E-state index contributed by atoms with van der Waals surface area (Å²) in [6.07, 6.45) is 1.52. The second kappa shape index (κ2) is 7.78. The first-order valence-electron chi connectivity index (χ1n) is 7.01. The number of ether oxygens (including phenoxy) is 1. The molecule has 0 fully saturated rings. The van der Waals surface area contributed by atoms with Crippen LogP contribution in [0.1, 0.15) is 12.5 Å². The summed E-state index contributed by atoms with van der Waals surface area (Å²) in [7, 11) is 0. The summed E-state index contributed by atoms with van der Waals surface area (Å²) in [5.74, 6) is -1.13. The van der Waals surface area contributed by atoms with Crippen LogP contribution in [0.15, 0.2) is 66.2 Å². The summed E-state index contributed by atoms with van der Waals surface area (Å²) in [6.45, 7) is 1.91. The second-order valence-electron chi connectivity index (χ2n) is 4.51. The van der Waals surface area contributed by atoms with Crippen LogP contribution in [0.25, 0.3) is 6.08 Å². The van der Waals surface area contributed by atoms with Crippen molar-refractivity contribution < 1.29 is 14.3 Å². The van der Waals surface area contributed by atoms with Gasteiger partial charge >= 0.3 is 5.97 Å². The average molecular weight is 295 g/mol. The smallest absolute Gasteiger partial charge is 0.343 e. The van der Waals surface area contributed by atoms with Gasteiger partial charge in [-0.1, -0.05) is 48.5 Å². The lowest BCUT2D eigenvalue weighted by atomic mass is 10.1. The predicted molar refractivity (Wildman–Crippen MR) is 86.1 cm³/mol. The molecule has 0 unspecified atom stereocenters. The molecule has 0 aromatic heterocycles. The zero-order valence-corrected chi connectivity index (χ0v) is 12.3. The van der Waals surface area contributed by atoms with Crippen LogP contribution in [-0.2, 0) is 14.3 Å². The molecule has 0 aliphatic rings. The van der Waals surface area contributed by atoms with Gasteiger partial charge in [-0.05, 0) is 30.7 Å². The molecule has 0 spiro atoms. The molecule has 0 bridgehead atoms. The summed E-state index contributed by atoms with van der Waals surface area (Å²) in [4.78, 5) is 24.4. The molecule has 0 atom stereocenters. The Morgan fingerprint density at radius 1 is 1.00 bits per heavy atom. The standard InChI is InChI=1S/C18H17NO3/c1-2-22-18(21)16(13-14-9-5-3-6-10-14)17(20)19-15-11-7-4-8-12-15/h3-13H,2H2,1H3,(H,19,20). The molecule has 22 heavy (non-hydrogen) atoms. The fourth-order valence-corrected chi connectivity index (χ4v) is 1.86. The third-order valence-corrected chi connectivity index (χ3v) is 2.88. The Hall–Kier alpha value is -2.88.